The quantitative estimate of drug-likeness (QED) is 0.889. The molecule has 1 aromatic carbocycles. The van der Waals surface area contributed by atoms with E-state index in [9.17, 15) is 4.79 Å². The van der Waals surface area contributed by atoms with Gasteiger partial charge in [0, 0.05) is 12.5 Å². The molecule has 0 saturated carbocycles. The number of hydrogen-bond acceptors (Lipinski definition) is 4. The predicted molar refractivity (Wildman–Crippen MR) is 81.7 cm³/mol. The Bertz CT molecular complexity index is 557. The van der Waals surface area contributed by atoms with Crippen molar-refractivity contribution in [2.45, 2.75) is 38.3 Å². The number of fused-ring (bicyclic) bond motifs is 1. The minimum absolute atomic E-state index is 0.123. The van der Waals surface area contributed by atoms with Crippen molar-refractivity contribution in [1.82, 2.24) is 15.6 Å². The maximum Gasteiger partial charge on any atom is 0.220 e. The summed E-state index contributed by atoms with van der Waals surface area (Å²) in [7, 11) is 0. The van der Waals surface area contributed by atoms with Crippen LogP contribution in [-0.2, 0) is 11.3 Å². The van der Waals surface area contributed by atoms with Crippen LogP contribution in [0.25, 0.3) is 10.2 Å². The van der Waals surface area contributed by atoms with Crippen LogP contribution in [0, 0.1) is 0 Å². The van der Waals surface area contributed by atoms with E-state index in [1.54, 1.807) is 11.3 Å². The fourth-order valence-corrected chi connectivity index (χ4v) is 3.47. The predicted octanol–water partition coefficient (Wildman–Crippen LogP) is 2.44. The van der Waals surface area contributed by atoms with E-state index in [2.05, 4.69) is 21.7 Å². The van der Waals surface area contributed by atoms with Crippen molar-refractivity contribution in [2.24, 2.45) is 0 Å². The Balaban J connectivity index is 1.47. The second-order valence-electron chi connectivity index (χ2n) is 5.18. The largest absolute Gasteiger partial charge is 0.350 e. The third kappa shape index (κ3) is 3.35. The Labute approximate surface area is 122 Å². The highest BCUT2D eigenvalue weighted by atomic mass is 32.1. The Morgan fingerprint density at radius 2 is 2.35 bits per heavy atom. The molecule has 4 nitrogen and oxygen atoms in total. The van der Waals surface area contributed by atoms with Gasteiger partial charge >= 0.3 is 0 Å². The molecular formula is C15H19N3OS. The highest BCUT2D eigenvalue weighted by Gasteiger charge is 2.15. The number of benzene rings is 1. The van der Waals surface area contributed by atoms with E-state index in [0.717, 1.165) is 23.5 Å². The molecule has 2 aromatic rings. The number of carbonyl (C=O) groups excluding carboxylic acids is 1. The van der Waals surface area contributed by atoms with Gasteiger partial charge in [-0.3, -0.25) is 4.79 Å². The first kappa shape index (κ1) is 13.5. The van der Waals surface area contributed by atoms with Crippen molar-refractivity contribution in [3.8, 4) is 0 Å². The lowest BCUT2D eigenvalue weighted by atomic mass is 10.1. The molecule has 1 unspecified atom stereocenters. The molecule has 1 aliphatic rings. The first-order valence-electron chi connectivity index (χ1n) is 7.16. The van der Waals surface area contributed by atoms with Crippen LogP contribution in [0.5, 0.6) is 0 Å². The number of rotatable bonds is 5. The molecule has 2 N–H and O–H groups in total. The molecule has 0 bridgehead atoms. The van der Waals surface area contributed by atoms with Crippen molar-refractivity contribution in [3.63, 3.8) is 0 Å². The lowest BCUT2D eigenvalue weighted by Crippen LogP contribution is -2.27. The van der Waals surface area contributed by atoms with Gasteiger partial charge in [-0.05, 0) is 37.9 Å². The smallest absolute Gasteiger partial charge is 0.220 e. The average Bonchev–Trinajstić information content (AvgIpc) is 3.11. The third-order valence-corrected chi connectivity index (χ3v) is 4.69. The summed E-state index contributed by atoms with van der Waals surface area (Å²) in [4.78, 5) is 16.3. The molecule has 0 radical (unpaired) electrons. The van der Waals surface area contributed by atoms with E-state index in [4.69, 9.17) is 0 Å². The SMILES string of the molecule is O=C(CCC1CCCN1)NCc1nc2ccccc2s1. The normalized spacial score (nSPS) is 18.5. The van der Waals surface area contributed by atoms with Crippen LogP contribution in [0.3, 0.4) is 0 Å². The topological polar surface area (TPSA) is 54.0 Å². The van der Waals surface area contributed by atoms with Crippen molar-refractivity contribution < 1.29 is 4.79 Å². The van der Waals surface area contributed by atoms with Gasteiger partial charge in [0.15, 0.2) is 0 Å². The minimum Gasteiger partial charge on any atom is -0.350 e. The van der Waals surface area contributed by atoms with Crippen molar-refractivity contribution in [3.05, 3.63) is 29.3 Å². The number of nitrogens with one attached hydrogen (secondary N) is 2. The second kappa shape index (κ2) is 6.33. The zero-order valence-electron chi connectivity index (χ0n) is 11.4. The van der Waals surface area contributed by atoms with Crippen LogP contribution < -0.4 is 10.6 Å². The van der Waals surface area contributed by atoms with Crippen molar-refractivity contribution in [2.75, 3.05) is 6.54 Å². The van der Waals surface area contributed by atoms with Crippen LogP contribution in [0.4, 0.5) is 0 Å². The Morgan fingerprint density at radius 3 is 3.15 bits per heavy atom. The summed E-state index contributed by atoms with van der Waals surface area (Å²) in [6.07, 6.45) is 3.97. The van der Waals surface area contributed by atoms with Crippen LogP contribution >= 0.6 is 11.3 Å². The molecule has 1 aromatic heterocycles. The number of hydrogen-bond donors (Lipinski definition) is 2. The van der Waals surface area contributed by atoms with Gasteiger partial charge in [-0.2, -0.15) is 0 Å². The number of aromatic nitrogens is 1. The first-order chi connectivity index (χ1) is 9.81. The van der Waals surface area contributed by atoms with E-state index in [1.807, 2.05) is 18.2 Å². The maximum atomic E-state index is 11.8. The van der Waals surface area contributed by atoms with E-state index in [0.29, 0.717) is 19.0 Å². The van der Waals surface area contributed by atoms with Gasteiger partial charge in [0.25, 0.3) is 0 Å². The van der Waals surface area contributed by atoms with Gasteiger partial charge in [-0.1, -0.05) is 12.1 Å². The number of amides is 1. The number of carbonyl (C=O) groups is 1. The molecule has 0 spiro atoms. The highest BCUT2D eigenvalue weighted by molar-refractivity contribution is 7.18. The van der Waals surface area contributed by atoms with Crippen LogP contribution in [-0.4, -0.2) is 23.5 Å². The lowest BCUT2D eigenvalue weighted by molar-refractivity contribution is -0.121. The zero-order valence-corrected chi connectivity index (χ0v) is 12.2. The molecule has 1 fully saturated rings. The summed E-state index contributed by atoms with van der Waals surface area (Å²) >= 11 is 1.64. The van der Waals surface area contributed by atoms with Gasteiger partial charge < -0.3 is 10.6 Å². The molecule has 20 heavy (non-hydrogen) atoms. The monoisotopic (exact) mass is 289 g/mol. The number of para-hydroxylation sites is 1. The van der Waals surface area contributed by atoms with Crippen LogP contribution in [0.15, 0.2) is 24.3 Å². The Kier molecular flexibility index (Phi) is 4.28. The van der Waals surface area contributed by atoms with Gasteiger partial charge in [-0.25, -0.2) is 4.98 Å². The number of thiazole rings is 1. The molecule has 1 saturated heterocycles. The molecule has 3 rings (SSSR count). The van der Waals surface area contributed by atoms with Gasteiger partial charge in [-0.15, -0.1) is 11.3 Å². The second-order valence-corrected chi connectivity index (χ2v) is 6.30. The van der Waals surface area contributed by atoms with Crippen LogP contribution in [0.1, 0.15) is 30.7 Å². The average molecular weight is 289 g/mol. The Morgan fingerprint density at radius 1 is 1.45 bits per heavy atom. The summed E-state index contributed by atoms with van der Waals surface area (Å²) in [6.45, 7) is 1.63. The van der Waals surface area contributed by atoms with Crippen molar-refractivity contribution >= 4 is 27.5 Å². The lowest BCUT2D eigenvalue weighted by Gasteiger charge is -2.09. The van der Waals surface area contributed by atoms with Crippen molar-refractivity contribution in [1.29, 1.82) is 0 Å². The van der Waals surface area contributed by atoms with Gasteiger partial charge in [0.2, 0.25) is 5.91 Å². The summed E-state index contributed by atoms with van der Waals surface area (Å²) in [6, 6.07) is 8.59. The molecule has 1 aliphatic heterocycles. The summed E-state index contributed by atoms with van der Waals surface area (Å²) in [5, 5.41) is 7.35. The highest BCUT2D eigenvalue weighted by Crippen LogP contribution is 2.21. The van der Waals surface area contributed by atoms with Gasteiger partial charge in [0.1, 0.15) is 5.01 Å². The summed E-state index contributed by atoms with van der Waals surface area (Å²) in [5.41, 5.74) is 1.01. The molecular weight excluding hydrogens is 270 g/mol. The molecule has 106 valence electrons. The molecule has 2 heterocycles. The number of nitrogens with zero attached hydrogens (tertiary/aromatic N) is 1. The van der Waals surface area contributed by atoms with E-state index < -0.39 is 0 Å². The van der Waals surface area contributed by atoms with Crippen LogP contribution in [0.2, 0.25) is 0 Å². The summed E-state index contributed by atoms with van der Waals surface area (Å²) < 4.78 is 1.17. The minimum atomic E-state index is 0.123. The first-order valence-corrected chi connectivity index (χ1v) is 7.97. The molecule has 1 atom stereocenters. The van der Waals surface area contributed by atoms with Gasteiger partial charge in [0.05, 0.1) is 16.8 Å². The zero-order chi connectivity index (χ0) is 13.8. The van der Waals surface area contributed by atoms with E-state index in [-0.39, 0.29) is 5.91 Å². The van der Waals surface area contributed by atoms with E-state index >= 15 is 0 Å². The fraction of sp³-hybridized carbons (Fsp3) is 0.467. The Hall–Kier alpha value is -1.46. The standard InChI is InChI=1S/C15H19N3OS/c19-14(8-7-11-4-3-9-16-11)17-10-15-18-12-5-1-2-6-13(12)20-15/h1-2,5-6,11,16H,3-4,7-10H2,(H,17,19). The summed E-state index contributed by atoms with van der Waals surface area (Å²) in [5.74, 6) is 0.123. The fourth-order valence-electron chi connectivity index (χ4n) is 2.57. The molecule has 1 amide bonds. The molecule has 0 aliphatic carbocycles. The third-order valence-electron chi connectivity index (χ3n) is 3.66. The van der Waals surface area contributed by atoms with E-state index in [1.165, 1.54) is 17.5 Å². The maximum absolute atomic E-state index is 11.8. The molecule has 5 heteroatoms.